The first-order valence-electron chi connectivity index (χ1n) is 18.4. The summed E-state index contributed by atoms with van der Waals surface area (Å²) in [7, 11) is 0. The molecule has 0 aromatic heterocycles. The molecule has 0 fully saturated rings. The van der Waals surface area contributed by atoms with Gasteiger partial charge in [0.1, 0.15) is 6.04 Å². The summed E-state index contributed by atoms with van der Waals surface area (Å²) in [4.78, 5) is 25.4. The third-order valence-corrected chi connectivity index (χ3v) is 8.44. The summed E-state index contributed by atoms with van der Waals surface area (Å²) in [5.74, 6) is -0.00526. The Kier molecular flexibility index (Phi) is 32.5. The average molecular weight is 580 g/mol. The molecule has 2 amide bonds. The van der Waals surface area contributed by atoms with Gasteiger partial charge in [0, 0.05) is 13.0 Å². The third-order valence-electron chi connectivity index (χ3n) is 8.44. The third kappa shape index (κ3) is 30.2. The Bertz CT molecular complexity index is 555. The van der Waals surface area contributed by atoms with Gasteiger partial charge in [0.15, 0.2) is 0 Å². The lowest BCUT2D eigenvalue weighted by Crippen LogP contribution is -2.47. The molecule has 5 heteroatoms. The lowest BCUT2D eigenvalue weighted by molar-refractivity contribution is -0.129. The summed E-state index contributed by atoms with van der Waals surface area (Å²) in [6.07, 6.45) is 35.6. The highest BCUT2D eigenvalue weighted by Crippen LogP contribution is 2.14. The number of nitrogens with one attached hydrogen (secondary N) is 2. The zero-order valence-corrected chi connectivity index (χ0v) is 27.9. The van der Waals surface area contributed by atoms with E-state index in [2.05, 4.69) is 24.5 Å². The summed E-state index contributed by atoms with van der Waals surface area (Å²) in [6, 6.07) is -0.423. The van der Waals surface area contributed by atoms with Crippen LogP contribution in [0.2, 0.25) is 0 Å². The van der Waals surface area contributed by atoms with Gasteiger partial charge in [-0.3, -0.25) is 9.59 Å². The number of unbranched alkanes of at least 4 members (excludes halogenated alkanes) is 24. The molecule has 0 spiro atoms. The van der Waals surface area contributed by atoms with E-state index >= 15 is 0 Å². The summed E-state index contributed by atoms with van der Waals surface area (Å²) >= 11 is 0. The fourth-order valence-corrected chi connectivity index (χ4v) is 5.63. The quantitative estimate of drug-likeness (QED) is 0.0676. The summed E-state index contributed by atoms with van der Waals surface area (Å²) in [6.45, 7) is 5.87. The van der Waals surface area contributed by atoms with Crippen LogP contribution < -0.4 is 16.4 Å². The molecule has 0 saturated carbocycles. The number of carbonyl (C=O) groups excluding carboxylic acids is 2. The number of hydrogen-bond acceptors (Lipinski definition) is 3. The van der Waals surface area contributed by atoms with E-state index in [0.717, 1.165) is 32.1 Å². The van der Waals surface area contributed by atoms with Crippen molar-refractivity contribution in [3.63, 3.8) is 0 Å². The van der Waals surface area contributed by atoms with Crippen molar-refractivity contribution in [3.8, 4) is 0 Å². The van der Waals surface area contributed by atoms with Crippen molar-refractivity contribution in [1.29, 1.82) is 0 Å². The number of rotatable bonds is 33. The molecule has 0 saturated heterocycles. The molecule has 0 heterocycles. The van der Waals surface area contributed by atoms with Gasteiger partial charge in [0.2, 0.25) is 11.8 Å². The first-order valence-corrected chi connectivity index (χ1v) is 18.4. The lowest BCUT2D eigenvalue weighted by atomic mass is 10.0. The fourth-order valence-electron chi connectivity index (χ4n) is 5.63. The van der Waals surface area contributed by atoms with E-state index in [0.29, 0.717) is 25.9 Å². The highest BCUT2D eigenvalue weighted by Gasteiger charge is 2.19. The van der Waals surface area contributed by atoms with Crippen LogP contribution in [0, 0.1) is 0 Å². The van der Waals surface area contributed by atoms with Crippen LogP contribution in [0.3, 0.4) is 0 Å². The van der Waals surface area contributed by atoms with Crippen LogP contribution in [0.25, 0.3) is 0 Å². The van der Waals surface area contributed by atoms with Gasteiger partial charge in [-0.15, -0.1) is 0 Å². The predicted octanol–water partition coefficient (Wildman–Crippen LogP) is 9.90. The van der Waals surface area contributed by atoms with Crippen LogP contribution in [0.15, 0.2) is 0 Å². The molecule has 41 heavy (non-hydrogen) atoms. The van der Waals surface area contributed by atoms with Gasteiger partial charge < -0.3 is 16.4 Å². The minimum Gasteiger partial charge on any atom is -0.354 e. The molecule has 0 aromatic carbocycles. The van der Waals surface area contributed by atoms with Gasteiger partial charge in [-0.25, -0.2) is 0 Å². The molecule has 1 atom stereocenters. The van der Waals surface area contributed by atoms with Crippen molar-refractivity contribution in [3.05, 3.63) is 0 Å². The Hall–Kier alpha value is -1.10. The van der Waals surface area contributed by atoms with Gasteiger partial charge in [0.05, 0.1) is 0 Å². The van der Waals surface area contributed by atoms with E-state index in [4.69, 9.17) is 5.73 Å². The van der Waals surface area contributed by atoms with E-state index < -0.39 is 6.04 Å². The Morgan fingerprint density at radius 1 is 0.512 bits per heavy atom. The maximum absolute atomic E-state index is 12.8. The number of nitrogens with two attached hydrogens (primary N) is 1. The molecule has 5 nitrogen and oxygen atoms in total. The van der Waals surface area contributed by atoms with Gasteiger partial charge in [-0.2, -0.15) is 0 Å². The molecule has 0 bridgehead atoms. The molecule has 0 aliphatic rings. The number of hydrogen-bond donors (Lipinski definition) is 3. The minimum atomic E-state index is -0.423. The van der Waals surface area contributed by atoms with Crippen LogP contribution in [0.1, 0.15) is 200 Å². The molecule has 0 aromatic rings. The van der Waals surface area contributed by atoms with Crippen molar-refractivity contribution in [1.82, 2.24) is 10.6 Å². The second-order valence-electron chi connectivity index (χ2n) is 12.6. The van der Waals surface area contributed by atoms with E-state index in [1.54, 1.807) is 0 Å². The molecule has 0 aliphatic heterocycles. The Morgan fingerprint density at radius 2 is 0.902 bits per heavy atom. The van der Waals surface area contributed by atoms with Crippen molar-refractivity contribution >= 4 is 11.8 Å². The Labute approximate surface area is 256 Å². The first kappa shape index (κ1) is 39.9. The van der Waals surface area contributed by atoms with Crippen molar-refractivity contribution in [2.75, 3.05) is 13.1 Å². The van der Waals surface area contributed by atoms with Crippen LogP contribution in [-0.4, -0.2) is 30.9 Å². The fraction of sp³-hybridized carbons (Fsp3) is 0.944. The number of amides is 2. The predicted molar refractivity (Wildman–Crippen MR) is 179 cm³/mol. The zero-order chi connectivity index (χ0) is 30.1. The second-order valence-corrected chi connectivity index (χ2v) is 12.6. The minimum absolute atomic E-state index is 0.0199. The molecule has 0 rings (SSSR count). The second kappa shape index (κ2) is 33.4. The van der Waals surface area contributed by atoms with Crippen molar-refractivity contribution in [2.24, 2.45) is 5.73 Å². The van der Waals surface area contributed by atoms with E-state index in [-0.39, 0.29) is 11.8 Å². The normalized spacial score (nSPS) is 12.0. The van der Waals surface area contributed by atoms with E-state index in [1.165, 1.54) is 141 Å². The summed E-state index contributed by atoms with van der Waals surface area (Å²) in [5.41, 5.74) is 5.65. The molecule has 244 valence electrons. The molecule has 0 radical (unpaired) electrons. The van der Waals surface area contributed by atoms with Crippen LogP contribution in [0.4, 0.5) is 0 Å². The van der Waals surface area contributed by atoms with Gasteiger partial charge in [-0.05, 0) is 38.6 Å². The lowest BCUT2D eigenvalue weighted by Gasteiger charge is -2.18. The Morgan fingerprint density at radius 3 is 1.32 bits per heavy atom. The maximum atomic E-state index is 12.8. The first-order chi connectivity index (χ1) is 20.2. The Balaban J connectivity index is 3.83. The molecule has 0 aliphatic carbocycles. The van der Waals surface area contributed by atoms with Crippen molar-refractivity contribution < 1.29 is 9.59 Å². The average Bonchev–Trinajstić information content (AvgIpc) is 2.97. The van der Waals surface area contributed by atoms with Crippen LogP contribution in [-0.2, 0) is 9.59 Å². The van der Waals surface area contributed by atoms with Crippen LogP contribution >= 0.6 is 0 Å². The standard InChI is InChI=1S/C36H73N3O2/c1-3-5-7-9-11-13-15-16-17-18-19-20-22-24-26-31-35(40)39-34(30-27-28-32-37)36(41)38-33-29-25-23-21-14-12-10-8-6-4-2/h34H,3-33,37H2,1-2H3,(H,38,41)(H,39,40). The molecular formula is C36H73N3O2. The topological polar surface area (TPSA) is 84.2 Å². The van der Waals surface area contributed by atoms with E-state index in [9.17, 15) is 9.59 Å². The van der Waals surface area contributed by atoms with E-state index in [1.807, 2.05) is 0 Å². The van der Waals surface area contributed by atoms with Gasteiger partial charge in [0.25, 0.3) is 0 Å². The maximum Gasteiger partial charge on any atom is 0.242 e. The molecular weight excluding hydrogens is 506 g/mol. The molecule has 4 N–H and O–H groups in total. The van der Waals surface area contributed by atoms with Gasteiger partial charge in [-0.1, -0.05) is 162 Å². The zero-order valence-electron chi connectivity index (χ0n) is 27.9. The highest BCUT2D eigenvalue weighted by atomic mass is 16.2. The summed E-state index contributed by atoms with van der Waals surface area (Å²) < 4.78 is 0. The molecule has 1 unspecified atom stereocenters. The van der Waals surface area contributed by atoms with Gasteiger partial charge >= 0.3 is 0 Å². The smallest absolute Gasteiger partial charge is 0.242 e. The van der Waals surface area contributed by atoms with Crippen LogP contribution in [0.5, 0.6) is 0 Å². The monoisotopic (exact) mass is 580 g/mol. The SMILES string of the molecule is CCCCCCCCCCCCCCCCCC(=O)NC(CCCCN)C(=O)NCCCCCCCCCCCC. The summed E-state index contributed by atoms with van der Waals surface area (Å²) in [5, 5.41) is 6.10. The largest absolute Gasteiger partial charge is 0.354 e. The number of carbonyl (C=O) groups is 2. The highest BCUT2D eigenvalue weighted by molar-refractivity contribution is 5.87. The van der Waals surface area contributed by atoms with Crippen molar-refractivity contribution in [2.45, 2.75) is 206 Å².